The van der Waals surface area contributed by atoms with E-state index in [0.29, 0.717) is 47.1 Å². The lowest BCUT2D eigenvalue weighted by Crippen LogP contribution is -2.27. The third-order valence-electron chi connectivity index (χ3n) is 5.65. The normalized spacial score (nSPS) is 15.2. The number of carbonyl (C=O) groups excluding carboxylic acids is 2. The number of aryl methyl sites for hydroxylation is 1. The van der Waals surface area contributed by atoms with Crippen molar-refractivity contribution in [3.63, 3.8) is 0 Å². The van der Waals surface area contributed by atoms with Gasteiger partial charge in [-0.3, -0.25) is 9.59 Å². The summed E-state index contributed by atoms with van der Waals surface area (Å²) in [5.41, 5.74) is 9.09. The van der Waals surface area contributed by atoms with Gasteiger partial charge in [-0.2, -0.15) is 0 Å². The van der Waals surface area contributed by atoms with Crippen LogP contribution in [0.3, 0.4) is 0 Å². The van der Waals surface area contributed by atoms with E-state index in [9.17, 15) is 14.7 Å². The Kier molecular flexibility index (Phi) is 7.12. The predicted molar refractivity (Wildman–Crippen MR) is 122 cm³/mol. The van der Waals surface area contributed by atoms with Crippen LogP contribution in [0.2, 0.25) is 0 Å². The van der Waals surface area contributed by atoms with E-state index < -0.39 is 5.41 Å². The van der Waals surface area contributed by atoms with Crippen molar-refractivity contribution in [2.45, 2.75) is 46.6 Å². The van der Waals surface area contributed by atoms with Gasteiger partial charge in [0.15, 0.2) is 5.12 Å². The van der Waals surface area contributed by atoms with Gasteiger partial charge in [0.2, 0.25) is 6.41 Å². The number of nitrogen functional groups attached to an aromatic ring is 1. The Morgan fingerprint density at radius 1 is 1.32 bits per heavy atom. The Hall–Kier alpha value is -2.71. The van der Waals surface area contributed by atoms with Crippen LogP contribution >= 0.6 is 11.8 Å². The fourth-order valence-corrected chi connectivity index (χ4v) is 4.88. The molecule has 1 aliphatic rings. The molecule has 0 fully saturated rings. The van der Waals surface area contributed by atoms with Gasteiger partial charge in [-0.15, -0.1) is 0 Å². The molecule has 1 aromatic heterocycles. The van der Waals surface area contributed by atoms with Gasteiger partial charge in [0.05, 0.1) is 6.54 Å². The molecule has 0 bridgehead atoms. The number of nitrogens with zero attached hydrogens (tertiary/aromatic N) is 3. The van der Waals surface area contributed by atoms with Crippen LogP contribution < -0.4 is 5.73 Å². The maximum atomic E-state index is 13.3. The molecule has 1 heterocycles. The van der Waals surface area contributed by atoms with Crippen molar-refractivity contribution in [3.05, 3.63) is 63.6 Å². The van der Waals surface area contributed by atoms with Crippen LogP contribution in [0.4, 0.5) is 5.82 Å². The third kappa shape index (κ3) is 5.14. The summed E-state index contributed by atoms with van der Waals surface area (Å²) in [5.74, 6) is 0.870. The topological polar surface area (TPSA) is 109 Å². The quantitative estimate of drug-likeness (QED) is 0.607. The van der Waals surface area contributed by atoms with Crippen LogP contribution in [0.15, 0.2) is 41.1 Å². The molecule has 8 heteroatoms. The largest absolute Gasteiger partial charge is 0.396 e. The van der Waals surface area contributed by atoms with Crippen LogP contribution in [0, 0.1) is 12.3 Å². The number of amides is 1. The number of hydrogen-bond acceptors (Lipinski definition) is 7. The van der Waals surface area contributed by atoms with E-state index in [4.69, 9.17) is 5.73 Å². The van der Waals surface area contributed by atoms with Gasteiger partial charge in [0.25, 0.3) is 0 Å². The number of anilines is 1. The molecular weight excluding hydrogens is 412 g/mol. The maximum absolute atomic E-state index is 13.3. The summed E-state index contributed by atoms with van der Waals surface area (Å²) >= 11 is 1.12. The van der Waals surface area contributed by atoms with Crippen molar-refractivity contribution >= 4 is 29.1 Å². The molecule has 164 valence electrons. The van der Waals surface area contributed by atoms with Gasteiger partial charge < -0.3 is 15.7 Å². The molecule has 1 amide bonds. The van der Waals surface area contributed by atoms with Crippen LogP contribution in [-0.2, 0) is 29.0 Å². The monoisotopic (exact) mass is 440 g/mol. The number of fused-ring (bicyclic) bond motifs is 1. The van der Waals surface area contributed by atoms with E-state index in [-0.39, 0.29) is 24.7 Å². The Labute approximate surface area is 186 Å². The number of hydrogen-bond donors (Lipinski definition) is 2. The molecule has 2 aromatic rings. The van der Waals surface area contributed by atoms with Gasteiger partial charge in [0.1, 0.15) is 11.6 Å². The summed E-state index contributed by atoms with van der Waals surface area (Å²) < 4.78 is 0. The Morgan fingerprint density at radius 3 is 2.52 bits per heavy atom. The molecule has 0 unspecified atom stereocenters. The second kappa shape index (κ2) is 9.62. The highest BCUT2D eigenvalue weighted by Crippen LogP contribution is 2.42. The van der Waals surface area contributed by atoms with E-state index in [1.807, 2.05) is 19.1 Å². The first-order chi connectivity index (χ1) is 14.8. The average Bonchev–Trinajstić information content (AvgIpc) is 3.10. The van der Waals surface area contributed by atoms with Crippen molar-refractivity contribution in [3.8, 4) is 0 Å². The van der Waals surface area contributed by atoms with Gasteiger partial charge in [-0.1, -0.05) is 43.0 Å². The molecule has 1 aliphatic carbocycles. The summed E-state index contributed by atoms with van der Waals surface area (Å²) in [7, 11) is 0. The highest BCUT2D eigenvalue weighted by Gasteiger charge is 2.40. The number of aliphatic hydroxyl groups is 1. The van der Waals surface area contributed by atoms with Crippen molar-refractivity contribution in [2.75, 3.05) is 12.3 Å². The van der Waals surface area contributed by atoms with Crippen LogP contribution in [0.1, 0.15) is 42.8 Å². The Morgan fingerprint density at radius 2 is 1.97 bits per heavy atom. The van der Waals surface area contributed by atoms with Crippen molar-refractivity contribution in [1.29, 1.82) is 0 Å². The molecular formula is C23H28N4O3S. The molecule has 3 rings (SSSR count). The van der Waals surface area contributed by atoms with Crippen molar-refractivity contribution < 1.29 is 14.7 Å². The first-order valence-corrected chi connectivity index (χ1v) is 11.0. The summed E-state index contributed by atoms with van der Waals surface area (Å²) in [6.07, 6.45) is 3.96. The predicted octanol–water partition coefficient (Wildman–Crippen LogP) is 3.00. The fraction of sp³-hybridized carbons (Fsp3) is 0.391. The molecule has 0 radical (unpaired) electrons. The van der Waals surface area contributed by atoms with E-state index in [2.05, 4.69) is 22.1 Å². The molecule has 0 saturated carbocycles. The molecule has 31 heavy (non-hydrogen) atoms. The minimum Gasteiger partial charge on any atom is -0.396 e. The van der Waals surface area contributed by atoms with Crippen molar-refractivity contribution in [1.82, 2.24) is 14.9 Å². The smallest absolute Gasteiger partial charge is 0.214 e. The average molecular weight is 441 g/mol. The number of thioether (sulfide) groups is 1. The number of rotatable bonds is 8. The van der Waals surface area contributed by atoms with Gasteiger partial charge in [-0.05, 0) is 37.8 Å². The highest BCUT2D eigenvalue weighted by atomic mass is 32.2. The zero-order valence-corrected chi connectivity index (χ0v) is 18.9. The van der Waals surface area contributed by atoms with E-state index >= 15 is 0 Å². The molecule has 7 nitrogen and oxygen atoms in total. The van der Waals surface area contributed by atoms with Gasteiger partial charge >= 0.3 is 0 Å². The lowest BCUT2D eigenvalue weighted by atomic mass is 9.89. The summed E-state index contributed by atoms with van der Waals surface area (Å²) in [5, 5.41) is 9.62. The zero-order chi connectivity index (χ0) is 22.6. The Bertz CT molecular complexity index is 997. The zero-order valence-electron chi connectivity index (χ0n) is 18.1. The number of carbonyl (C=O) groups is 2. The number of benzene rings is 1. The summed E-state index contributed by atoms with van der Waals surface area (Å²) in [6.45, 7) is 5.57. The summed E-state index contributed by atoms with van der Waals surface area (Å²) in [6, 6.07) is 8.12. The number of aromatic nitrogens is 2. The number of nitrogens with two attached hydrogens (primary N) is 1. The molecule has 0 aliphatic heterocycles. The van der Waals surface area contributed by atoms with E-state index in [0.717, 1.165) is 11.8 Å². The van der Waals surface area contributed by atoms with Crippen LogP contribution in [0.25, 0.3) is 0 Å². The SMILES string of the molecule is C/C(=C(\CCO)SC(=O)C1(C)Cc2ccccc2C1)N(C=O)Cc1cnc(C)nc1N. The van der Waals surface area contributed by atoms with Crippen LogP contribution in [0.5, 0.6) is 0 Å². The lowest BCUT2D eigenvalue weighted by molar-refractivity contribution is -0.118. The standard InChI is InChI=1S/C23H28N4O3S/c1-15(27(14-29)13-19-12-25-16(2)26-21(19)24)20(8-9-28)31-22(30)23(3)10-17-6-4-5-7-18(17)11-23/h4-7,12,14,28H,8-11,13H2,1-3H3,(H2,24,25,26)/b20-15-. The first kappa shape index (κ1) is 23.0. The van der Waals surface area contributed by atoms with Crippen molar-refractivity contribution in [2.24, 2.45) is 5.41 Å². The maximum Gasteiger partial charge on any atom is 0.214 e. The molecule has 0 atom stereocenters. The second-order valence-corrected chi connectivity index (χ2v) is 9.18. The van der Waals surface area contributed by atoms with E-state index in [1.165, 1.54) is 16.0 Å². The lowest BCUT2D eigenvalue weighted by Gasteiger charge is -2.25. The first-order valence-electron chi connectivity index (χ1n) is 10.2. The summed E-state index contributed by atoms with van der Waals surface area (Å²) in [4.78, 5) is 35.6. The fourth-order valence-electron chi connectivity index (χ4n) is 3.81. The van der Waals surface area contributed by atoms with Crippen LogP contribution in [-0.4, -0.2) is 38.1 Å². The molecule has 1 aromatic carbocycles. The molecule has 0 spiro atoms. The molecule has 3 N–H and O–H groups in total. The number of allylic oxidation sites excluding steroid dienone is 1. The molecule has 0 saturated heterocycles. The Balaban J connectivity index is 1.81. The highest BCUT2D eigenvalue weighted by molar-refractivity contribution is 8.17. The number of aliphatic hydroxyl groups excluding tert-OH is 1. The minimum absolute atomic E-state index is 0.0375. The minimum atomic E-state index is -0.517. The second-order valence-electron chi connectivity index (χ2n) is 8.12. The third-order valence-corrected chi connectivity index (χ3v) is 7.07. The van der Waals surface area contributed by atoms with Gasteiger partial charge in [-0.25, -0.2) is 9.97 Å². The van der Waals surface area contributed by atoms with Gasteiger partial charge in [0, 0.05) is 40.8 Å². The van der Waals surface area contributed by atoms with E-state index in [1.54, 1.807) is 20.0 Å².